The third kappa shape index (κ3) is 2.53. The first-order chi connectivity index (χ1) is 6.85. The maximum absolute atomic E-state index is 12.7. The number of nitrogens with two attached hydrogens (primary N) is 1. The van der Waals surface area contributed by atoms with Gasteiger partial charge in [0.25, 0.3) is 6.43 Å². The molecule has 1 nitrogen and oxygen atoms in total. The van der Waals surface area contributed by atoms with E-state index < -0.39 is 12.0 Å². The third-order valence-corrected chi connectivity index (χ3v) is 2.63. The topological polar surface area (TPSA) is 26.0 Å². The van der Waals surface area contributed by atoms with Crippen molar-refractivity contribution in [3.8, 4) is 0 Å². The van der Waals surface area contributed by atoms with E-state index >= 15 is 0 Å². The number of hydrogen-bond donors (Lipinski definition) is 1. The molecule has 0 aliphatic rings. The molecule has 0 aromatic heterocycles. The fourth-order valence-corrected chi connectivity index (χ4v) is 1.36. The summed E-state index contributed by atoms with van der Waals surface area (Å²) in [6.45, 7) is 5.40. The molecule has 84 valence electrons. The molecule has 0 aliphatic carbocycles. The minimum absolute atomic E-state index is 0.318. The van der Waals surface area contributed by atoms with E-state index in [4.69, 9.17) is 5.73 Å². The summed E-state index contributed by atoms with van der Waals surface area (Å²) in [5.74, 6) is 0.318. The van der Waals surface area contributed by atoms with Crippen LogP contribution in [0.5, 0.6) is 0 Å². The van der Waals surface area contributed by atoms with Gasteiger partial charge < -0.3 is 5.73 Å². The van der Waals surface area contributed by atoms with Crippen molar-refractivity contribution in [1.29, 1.82) is 0 Å². The lowest BCUT2D eigenvalue weighted by atomic mass is 9.90. The highest BCUT2D eigenvalue weighted by molar-refractivity contribution is 5.31. The van der Waals surface area contributed by atoms with Crippen LogP contribution >= 0.6 is 0 Å². The second-order valence-electron chi connectivity index (χ2n) is 4.36. The molecule has 0 amide bonds. The standard InChI is InChI=1S/C12H17F2N/c1-8(2)9-5-4-6-10(7-9)12(3,15)11(13)14/h4-8,11H,15H2,1-3H3. The molecule has 15 heavy (non-hydrogen) atoms. The largest absolute Gasteiger partial charge is 0.317 e. The molecule has 1 rings (SSSR count). The zero-order valence-corrected chi connectivity index (χ0v) is 9.30. The molecule has 1 unspecified atom stereocenters. The van der Waals surface area contributed by atoms with Crippen molar-refractivity contribution in [1.82, 2.24) is 0 Å². The van der Waals surface area contributed by atoms with Gasteiger partial charge in [-0.15, -0.1) is 0 Å². The van der Waals surface area contributed by atoms with Gasteiger partial charge in [0, 0.05) is 0 Å². The van der Waals surface area contributed by atoms with Crippen LogP contribution in [0.1, 0.15) is 37.8 Å². The Hall–Kier alpha value is -0.960. The quantitative estimate of drug-likeness (QED) is 0.819. The van der Waals surface area contributed by atoms with Gasteiger partial charge in [-0.2, -0.15) is 0 Å². The fraction of sp³-hybridized carbons (Fsp3) is 0.500. The van der Waals surface area contributed by atoms with Gasteiger partial charge in [-0.3, -0.25) is 0 Å². The number of hydrogen-bond acceptors (Lipinski definition) is 1. The molecule has 0 heterocycles. The predicted octanol–water partition coefficient (Wildman–Crippen LogP) is 3.25. The van der Waals surface area contributed by atoms with Gasteiger partial charge in [0.2, 0.25) is 0 Å². The molecule has 3 heteroatoms. The SMILES string of the molecule is CC(C)c1cccc(C(C)(N)C(F)F)c1. The van der Waals surface area contributed by atoms with Crippen LogP contribution in [0, 0.1) is 0 Å². The maximum atomic E-state index is 12.7. The lowest BCUT2D eigenvalue weighted by Gasteiger charge is -2.25. The van der Waals surface area contributed by atoms with Crippen LogP contribution in [0.25, 0.3) is 0 Å². The van der Waals surface area contributed by atoms with Gasteiger partial charge in [-0.25, -0.2) is 8.78 Å². The van der Waals surface area contributed by atoms with Gasteiger partial charge in [-0.05, 0) is 24.0 Å². The Morgan fingerprint density at radius 3 is 2.33 bits per heavy atom. The van der Waals surface area contributed by atoms with E-state index in [1.807, 2.05) is 19.9 Å². The van der Waals surface area contributed by atoms with Crippen LogP contribution in [0.15, 0.2) is 24.3 Å². The minimum Gasteiger partial charge on any atom is -0.317 e. The Morgan fingerprint density at radius 2 is 1.87 bits per heavy atom. The second-order valence-corrected chi connectivity index (χ2v) is 4.36. The Labute approximate surface area is 89.3 Å². The average molecular weight is 213 g/mol. The Kier molecular flexibility index (Phi) is 3.45. The van der Waals surface area contributed by atoms with Crippen LogP contribution in [-0.4, -0.2) is 6.43 Å². The molecular weight excluding hydrogens is 196 g/mol. The highest BCUT2D eigenvalue weighted by Gasteiger charge is 2.32. The van der Waals surface area contributed by atoms with Crippen LogP contribution in [0.2, 0.25) is 0 Å². The normalized spacial score (nSPS) is 15.7. The Balaban J connectivity index is 3.10. The molecule has 0 spiro atoms. The van der Waals surface area contributed by atoms with Crippen molar-refractivity contribution in [2.24, 2.45) is 5.73 Å². The highest BCUT2D eigenvalue weighted by Crippen LogP contribution is 2.27. The molecule has 0 fully saturated rings. The van der Waals surface area contributed by atoms with E-state index in [0.717, 1.165) is 5.56 Å². The van der Waals surface area contributed by atoms with Crippen LogP contribution in [0.3, 0.4) is 0 Å². The molecule has 2 N–H and O–H groups in total. The van der Waals surface area contributed by atoms with E-state index in [1.165, 1.54) is 6.92 Å². The molecular formula is C12H17F2N. The average Bonchev–Trinajstić information content (AvgIpc) is 2.17. The molecule has 1 aromatic carbocycles. The molecule has 0 saturated carbocycles. The number of alkyl halides is 2. The summed E-state index contributed by atoms with van der Waals surface area (Å²) in [5.41, 5.74) is 5.56. The van der Waals surface area contributed by atoms with Crippen molar-refractivity contribution in [2.75, 3.05) is 0 Å². The number of benzene rings is 1. The molecule has 0 radical (unpaired) electrons. The van der Waals surface area contributed by atoms with E-state index in [9.17, 15) is 8.78 Å². The van der Waals surface area contributed by atoms with Gasteiger partial charge in [-0.1, -0.05) is 38.1 Å². The summed E-state index contributed by atoms with van der Waals surface area (Å²) in [6.07, 6.45) is -2.56. The van der Waals surface area contributed by atoms with Crippen molar-refractivity contribution in [3.05, 3.63) is 35.4 Å². The first kappa shape index (κ1) is 12.1. The van der Waals surface area contributed by atoms with Crippen LogP contribution < -0.4 is 5.73 Å². The summed E-state index contributed by atoms with van der Waals surface area (Å²) in [4.78, 5) is 0. The Bertz CT molecular complexity index is 332. The van der Waals surface area contributed by atoms with Crippen molar-refractivity contribution in [3.63, 3.8) is 0 Å². The van der Waals surface area contributed by atoms with Crippen LogP contribution in [-0.2, 0) is 5.54 Å². The smallest absolute Gasteiger partial charge is 0.260 e. The van der Waals surface area contributed by atoms with Gasteiger partial charge in [0.15, 0.2) is 0 Å². The number of halogens is 2. The second kappa shape index (κ2) is 4.27. The summed E-state index contributed by atoms with van der Waals surface area (Å²) in [6, 6.07) is 7.11. The van der Waals surface area contributed by atoms with E-state index in [1.54, 1.807) is 18.2 Å². The monoisotopic (exact) mass is 213 g/mol. The fourth-order valence-electron chi connectivity index (χ4n) is 1.36. The van der Waals surface area contributed by atoms with Crippen molar-refractivity contribution in [2.45, 2.75) is 38.7 Å². The Morgan fingerprint density at radius 1 is 1.27 bits per heavy atom. The summed E-state index contributed by atoms with van der Waals surface area (Å²) in [5, 5.41) is 0. The van der Waals surface area contributed by atoms with E-state index in [-0.39, 0.29) is 0 Å². The minimum atomic E-state index is -2.56. The zero-order valence-electron chi connectivity index (χ0n) is 9.30. The highest BCUT2D eigenvalue weighted by atomic mass is 19.3. The zero-order chi connectivity index (χ0) is 11.6. The number of rotatable bonds is 3. The predicted molar refractivity (Wildman–Crippen MR) is 58.1 cm³/mol. The molecule has 0 saturated heterocycles. The summed E-state index contributed by atoms with van der Waals surface area (Å²) in [7, 11) is 0. The van der Waals surface area contributed by atoms with Gasteiger partial charge in [0.1, 0.15) is 0 Å². The summed E-state index contributed by atoms with van der Waals surface area (Å²) < 4.78 is 25.4. The van der Waals surface area contributed by atoms with Crippen molar-refractivity contribution >= 4 is 0 Å². The lowest BCUT2D eigenvalue weighted by Crippen LogP contribution is -2.40. The maximum Gasteiger partial charge on any atom is 0.260 e. The molecule has 0 bridgehead atoms. The van der Waals surface area contributed by atoms with Gasteiger partial charge >= 0.3 is 0 Å². The lowest BCUT2D eigenvalue weighted by molar-refractivity contribution is 0.0625. The first-order valence-corrected chi connectivity index (χ1v) is 5.03. The van der Waals surface area contributed by atoms with Gasteiger partial charge in [0.05, 0.1) is 5.54 Å². The van der Waals surface area contributed by atoms with E-state index in [0.29, 0.717) is 11.5 Å². The van der Waals surface area contributed by atoms with Crippen LogP contribution in [0.4, 0.5) is 8.78 Å². The first-order valence-electron chi connectivity index (χ1n) is 5.03. The molecule has 1 aromatic rings. The van der Waals surface area contributed by atoms with E-state index in [2.05, 4.69) is 0 Å². The third-order valence-electron chi connectivity index (χ3n) is 2.63. The van der Waals surface area contributed by atoms with Crippen molar-refractivity contribution < 1.29 is 8.78 Å². The molecule has 0 aliphatic heterocycles. The molecule has 1 atom stereocenters. The summed E-state index contributed by atoms with van der Waals surface area (Å²) >= 11 is 0.